The number of hydrogen-bond acceptors (Lipinski definition) is 7. The summed E-state index contributed by atoms with van der Waals surface area (Å²) in [5.74, 6) is -0.241. The molecule has 0 amide bonds. The van der Waals surface area contributed by atoms with E-state index < -0.39 is 0 Å². The van der Waals surface area contributed by atoms with Crippen LogP contribution in [0.1, 0.15) is 16.7 Å². The molecule has 0 heterocycles. The number of aliphatic imine (C=N–C) groups is 3. The fourth-order valence-corrected chi connectivity index (χ4v) is 4.42. The Kier molecular flexibility index (Phi) is 14.3. The summed E-state index contributed by atoms with van der Waals surface area (Å²) in [6, 6.07) is 14.9. The molecule has 11 heteroatoms. The molecule has 0 atom stereocenters. The Morgan fingerprint density at radius 1 is 0.553 bits per heavy atom. The molecule has 0 saturated heterocycles. The average Bonchev–Trinajstić information content (AvgIpc) is 2.87. The van der Waals surface area contributed by atoms with Crippen molar-refractivity contribution in [2.75, 3.05) is 39.3 Å². The molecule has 0 saturated carbocycles. The van der Waals surface area contributed by atoms with Crippen LogP contribution in [-0.2, 0) is 17.1 Å². The van der Waals surface area contributed by atoms with E-state index in [2.05, 4.69) is 67.7 Å². The molecule has 0 unspecified atom stereocenters. The smallest absolute Gasteiger partial charge is 0.872 e. The van der Waals surface area contributed by atoms with Crippen LogP contribution in [0, 0.1) is 0 Å². The summed E-state index contributed by atoms with van der Waals surface area (Å²) in [6.07, 6.45) is 4.77. The molecule has 38 heavy (non-hydrogen) atoms. The third-order valence-corrected chi connectivity index (χ3v) is 6.72. The van der Waals surface area contributed by atoms with Crippen molar-refractivity contribution in [2.45, 2.75) is 0 Å². The van der Waals surface area contributed by atoms with Gasteiger partial charge in [-0.1, -0.05) is 83.2 Å². The van der Waals surface area contributed by atoms with Gasteiger partial charge in [-0.05, 0) is 53.1 Å². The molecule has 7 nitrogen and oxygen atoms in total. The van der Waals surface area contributed by atoms with E-state index in [0.717, 1.165) is 13.4 Å². The van der Waals surface area contributed by atoms with Crippen LogP contribution < -0.4 is 15.3 Å². The van der Waals surface area contributed by atoms with Gasteiger partial charge in [-0.2, -0.15) is 0 Å². The van der Waals surface area contributed by atoms with E-state index in [-0.39, 0.29) is 34.3 Å². The standard InChI is InChI=1S/C27H27Br3N4O3.Mn/c28-22-1-4-25(35)19(13-22)16-31-7-10-34(11-8-32-17-20-14-23(29)2-5-26(20)36)12-9-33-18-21-15-24(30)3-6-27(21)37;/h1-6,13-18,35-37H,7-12H2;/q;+3/p-3. The van der Waals surface area contributed by atoms with Crippen molar-refractivity contribution >= 4 is 66.4 Å². The SMILES string of the molecule is [Mn+3].[O-]c1ccc(Br)cc1C=NCCN(CCN=Cc1cc(Br)ccc1[O-])CCN=Cc1cc(Br)ccc1[O-]. The molecule has 0 aliphatic carbocycles. The molecule has 0 aliphatic heterocycles. The van der Waals surface area contributed by atoms with Gasteiger partial charge in [-0.3, -0.25) is 19.9 Å². The molecule has 0 fully saturated rings. The molecular weight excluding hydrogens is 723 g/mol. The zero-order chi connectivity index (χ0) is 26.6. The van der Waals surface area contributed by atoms with Crippen molar-refractivity contribution in [1.82, 2.24) is 4.90 Å². The second-order valence-electron chi connectivity index (χ2n) is 7.99. The summed E-state index contributed by atoms with van der Waals surface area (Å²) < 4.78 is 2.47. The Balaban J connectivity index is 0.00000507. The van der Waals surface area contributed by atoms with Gasteiger partial charge in [-0.25, -0.2) is 0 Å². The Labute approximate surface area is 258 Å². The number of benzene rings is 3. The molecule has 0 N–H and O–H groups in total. The summed E-state index contributed by atoms with van der Waals surface area (Å²) in [7, 11) is 0. The van der Waals surface area contributed by atoms with Crippen molar-refractivity contribution in [1.29, 1.82) is 0 Å². The van der Waals surface area contributed by atoms with Crippen molar-refractivity contribution in [3.63, 3.8) is 0 Å². The van der Waals surface area contributed by atoms with Crippen LogP contribution in [0.4, 0.5) is 0 Å². The first-order valence-corrected chi connectivity index (χ1v) is 13.8. The van der Waals surface area contributed by atoms with E-state index in [1.807, 2.05) is 0 Å². The van der Waals surface area contributed by atoms with Gasteiger partial charge in [0.2, 0.25) is 0 Å². The zero-order valence-corrected chi connectivity index (χ0v) is 26.1. The maximum Gasteiger partial charge on any atom is 3.00 e. The summed E-state index contributed by atoms with van der Waals surface area (Å²) in [4.78, 5) is 15.4. The normalized spacial score (nSPS) is 11.7. The summed E-state index contributed by atoms with van der Waals surface area (Å²) in [5, 5.41) is 35.9. The van der Waals surface area contributed by atoms with Gasteiger partial charge in [0.15, 0.2) is 0 Å². The van der Waals surface area contributed by atoms with E-state index in [1.54, 1.807) is 55.0 Å². The van der Waals surface area contributed by atoms with Crippen LogP contribution in [0.3, 0.4) is 0 Å². The molecule has 0 bridgehead atoms. The minimum atomic E-state index is -0.0805. The van der Waals surface area contributed by atoms with Gasteiger partial charge in [0.05, 0.1) is 19.6 Å². The van der Waals surface area contributed by atoms with Crippen molar-refractivity contribution in [2.24, 2.45) is 15.0 Å². The van der Waals surface area contributed by atoms with Crippen LogP contribution >= 0.6 is 47.8 Å². The van der Waals surface area contributed by atoms with Gasteiger partial charge < -0.3 is 15.3 Å². The van der Waals surface area contributed by atoms with Crippen LogP contribution in [-0.4, -0.2) is 62.8 Å². The predicted molar refractivity (Wildman–Crippen MR) is 155 cm³/mol. The van der Waals surface area contributed by atoms with Crippen molar-refractivity contribution in [3.8, 4) is 17.2 Å². The van der Waals surface area contributed by atoms with E-state index in [1.165, 1.54) is 18.2 Å². The van der Waals surface area contributed by atoms with E-state index in [9.17, 15) is 15.3 Å². The minimum Gasteiger partial charge on any atom is -0.872 e. The van der Waals surface area contributed by atoms with Crippen molar-refractivity contribution in [3.05, 3.63) is 84.7 Å². The van der Waals surface area contributed by atoms with Gasteiger partial charge in [0, 0.05) is 51.7 Å². The first kappa shape index (κ1) is 32.2. The maximum absolute atomic E-state index is 12.0. The predicted octanol–water partition coefficient (Wildman–Crippen LogP) is 4.15. The van der Waals surface area contributed by atoms with Crippen LogP contribution in [0.2, 0.25) is 0 Å². The number of halogens is 3. The van der Waals surface area contributed by atoms with E-state index in [0.29, 0.717) is 56.0 Å². The Hall–Kier alpha value is -2.01. The Morgan fingerprint density at radius 3 is 1.13 bits per heavy atom. The van der Waals surface area contributed by atoms with E-state index in [4.69, 9.17) is 0 Å². The summed E-state index contributed by atoms with van der Waals surface area (Å²) in [6.45, 7) is 3.38. The molecular formula is C27H24Br3MnN4O3. The molecule has 198 valence electrons. The van der Waals surface area contributed by atoms with E-state index >= 15 is 0 Å². The quantitative estimate of drug-likeness (QED) is 0.205. The second kappa shape index (κ2) is 16.8. The first-order valence-electron chi connectivity index (χ1n) is 11.4. The van der Waals surface area contributed by atoms with Gasteiger partial charge >= 0.3 is 17.1 Å². The number of rotatable bonds is 12. The molecule has 0 aromatic heterocycles. The topological polar surface area (TPSA) is 110 Å². The van der Waals surface area contributed by atoms with Gasteiger partial charge in [-0.15, -0.1) is 0 Å². The summed E-state index contributed by atoms with van der Waals surface area (Å²) in [5.41, 5.74) is 1.58. The Morgan fingerprint density at radius 2 is 0.842 bits per heavy atom. The molecule has 3 aromatic rings. The molecule has 3 rings (SSSR count). The minimum absolute atomic E-state index is 0. The zero-order valence-electron chi connectivity index (χ0n) is 20.2. The van der Waals surface area contributed by atoms with Crippen LogP contribution in [0.25, 0.3) is 0 Å². The van der Waals surface area contributed by atoms with Gasteiger partial charge in [0.25, 0.3) is 0 Å². The fourth-order valence-electron chi connectivity index (χ4n) is 3.28. The van der Waals surface area contributed by atoms with Crippen molar-refractivity contribution < 1.29 is 32.4 Å². The van der Waals surface area contributed by atoms with Crippen LogP contribution in [0.15, 0.2) is 83.0 Å². The largest absolute Gasteiger partial charge is 3.00 e. The molecule has 3 aromatic carbocycles. The molecule has 0 spiro atoms. The fraction of sp³-hybridized carbons (Fsp3) is 0.222. The monoisotopic (exact) mass is 744 g/mol. The second-order valence-corrected chi connectivity index (χ2v) is 10.7. The molecule has 0 radical (unpaired) electrons. The third kappa shape index (κ3) is 11.0. The average molecular weight is 747 g/mol. The first-order chi connectivity index (χ1) is 17.8. The number of nitrogens with zero attached hydrogens (tertiary/aromatic N) is 4. The summed E-state index contributed by atoms with van der Waals surface area (Å²) >= 11 is 10.1. The third-order valence-electron chi connectivity index (χ3n) is 5.24. The Bertz CT molecular complexity index is 1130. The maximum atomic E-state index is 12.0. The molecule has 0 aliphatic rings. The van der Waals surface area contributed by atoms with Crippen LogP contribution in [0.5, 0.6) is 17.2 Å². The number of hydrogen-bond donors (Lipinski definition) is 0. The van der Waals surface area contributed by atoms with Gasteiger partial charge in [0.1, 0.15) is 0 Å².